The van der Waals surface area contributed by atoms with Gasteiger partial charge in [-0.2, -0.15) is 0 Å². The van der Waals surface area contributed by atoms with E-state index in [1.165, 1.54) is 25.0 Å². The first-order chi connectivity index (χ1) is 15.7. The zero-order valence-electron chi connectivity index (χ0n) is 18.7. The molecule has 0 bridgehead atoms. The fourth-order valence-electron chi connectivity index (χ4n) is 3.73. The van der Waals surface area contributed by atoms with E-state index in [1.807, 2.05) is 19.1 Å². The van der Waals surface area contributed by atoms with E-state index < -0.39 is 4.92 Å². The minimum Gasteiger partial charge on any atom is -0.468 e. The van der Waals surface area contributed by atoms with Crippen LogP contribution in [0, 0.1) is 10.1 Å². The lowest BCUT2D eigenvalue weighted by Gasteiger charge is -2.26. The Morgan fingerprint density at radius 2 is 2.03 bits per heavy atom. The van der Waals surface area contributed by atoms with Crippen molar-refractivity contribution in [2.24, 2.45) is 4.99 Å². The summed E-state index contributed by atoms with van der Waals surface area (Å²) >= 11 is 0. The zero-order valence-corrected chi connectivity index (χ0v) is 18.7. The Labute approximate surface area is 189 Å². The SMILES string of the molecule is CCOCCCNC(=NCc1ccc([N+](=O)[O-])cc1)NCC(c1ccco1)N1CCCC1. The van der Waals surface area contributed by atoms with Gasteiger partial charge in [0.15, 0.2) is 5.96 Å². The molecule has 0 saturated carbocycles. The van der Waals surface area contributed by atoms with Crippen LogP contribution in [0.25, 0.3) is 0 Å². The van der Waals surface area contributed by atoms with Gasteiger partial charge in [0.2, 0.25) is 0 Å². The van der Waals surface area contributed by atoms with Gasteiger partial charge < -0.3 is 19.8 Å². The van der Waals surface area contributed by atoms with Crippen molar-refractivity contribution in [3.8, 4) is 0 Å². The summed E-state index contributed by atoms with van der Waals surface area (Å²) in [6.07, 6.45) is 5.00. The number of nitro benzene ring substituents is 1. The summed E-state index contributed by atoms with van der Waals surface area (Å²) in [6, 6.07) is 10.6. The highest BCUT2D eigenvalue weighted by Crippen LogP contribution is 2.24. The molecule has 1 aromatic heterocycles. The molecule has 0 spiro atoms. The molecule has 0 radical (unpaired) electrons. The van der Waals surface area contributed by atoms with Crippen LogP contribution in [0.1, 0.15) is 43.6 Å². The van der Waals surface area contributed by atoms with E-state index in [1.54, 1.807) is 18.4 Å². The number of ether oxygens (including phenoxy) is 1. The topological polar surface area (TPSA) is 105 Å². The standard InChI is InChI=1S/C23H33N5O4/c1-2-31-15-6-12-24-23(25-17-19-8-10-20(11-9-19)28(29)30)26-18-21(22-7-5-16-32-22)27-13-3-4-14-27/h5,7-11,16,21H,2-4,6,12-15,17-18H2,1H3,(H2,24,25,26). The van der Waals surface area contributed by atoms with Gasteiger partial charge in [0.25, 0.3) is 5.69 Å². The van der Waals surface area contributed by atoms with Gasteiger partial charge in [0, 0.05) is 38.4 Å². The second-order valence-corrected chi connectivity index (χ2v) is 7.72. The first-order valence-corrected chi connectivity index (χ1v) is 11.3. The number of guanidine groups is 1. The van der Waals surface area contributed by atoms with E-state index in [4.69, 9.17) is 14.1 Å². The van der Waals surface area contributed by atoms with Crippen molar-refractivity contribution in [3.05, 3.63) is 64.1 Å². The molecule has 0 amide bonds. The molecule has 1 aliphatic rings. The van der Waals surface area contributed by atoms with Crippen LogP contribution in [0.5, 0.6) is 0 Å². The van der Waals surface area contributed by atoms with Gasteiger partial charge in [-0.3, -0.25) is 15.0 Å². The van der Waals surface area contributed by atoms with Gasteiger partial charge >= 0.3 is 0 Å². The van der Waals surface area contributed by atoms with Crippen molar-refractivity contribution in [1.82, 2.24) is 15.5 Å². The highest BCUT2D eigenvalue weighted by atomic mass is 16.6. The molecule has 1 fully saturated rings. The maximum atomic E-state index is 10.9. The minimum absolute atomic E-state index is 0.0806. The Hall–Kier alpha value is -2.91. The Balaban J connectivity index is 1.63. The van der Waals surface area contributed by atoms with Gasteiger partial charge in [0.05, 0.1) is 23.8 Å². The molecule has 1 aliphatic heterocycles. The van der Waals surface area contributed by atoms with Gasteiger partial charge in [-0.1, -0.05) is 12.1 Å². The van der Waals surface area contributed by atoms with Crippen LogP contribution >= 0.6 is 0 Å². The normalized spacial score (nSPS) is 15.6. The summed E-state index contributed by atoms with van der Waals surface area (Å²) in [4.78, 5) is 17.6. The summed E-state index contributed by atoms with van der Waals surface area (Å²) in [5, 5.41) is 17.7. The van der Waals surface area contributed by atoms with Crippen LogP contribution in [0.15, 0.2) is 52.1 Å². The molecule has 2 N–H and O–H groups in total. The Bertz CT molecular complexity index is 833. The maximum absolute atomic E-state index is 10.9. The Morgan fingerprint density at radius 3 is 2.69 bits per heavy atom. The van der Waals surface area contributed by atoms with Crippen molar-refractivity contribution in [3.63, 3.8) is 0 Å². The van der Waals surface area contributed by atoms with Crippen LogP contribution in [0.3, 0.4) is 0 Å². The summed E-state index contributed by atoms with van der Waals surface area (Å²) in [5.41, 5.74) is 0.991. The molecule has 174 valence electrons. The van der Waals surface area contributed by atoms with Crippen LogP contribution in [-0.2, 0) is 11.3 Å². The Morgan fingerprint density at radius 1 is 1.25 bits per heavy atom. The second kappa shape index (κ2) is 12.8. The highest BCUT2D eigenvalue weighted by molar-refractivity contribution is 5.79. The van der Waals surface area contributed by atoms with E-state index in [2.05, 4.69) is 15.5 Å². The van der Waals surface area contributed by atoms with E-state index >= 15 is 0 Å². The first kappa shape index (κ1) is 23.7. The highest BCUT2D eigenvalue weighted by Gasteiger charge is 2.25. The van der Waals surface area contributed by atoms with Crippen LogP contribution in [-0.4, -0.2) is 55.2 Å². The first-order valence-electron chi connectivity index (χ1n) is 11.3. The number of benzene rings is 1. The molecule has 9 nitrogen and oxygen atoms in total. The van der Waals surface area contributed by atoms with Crippen molar-refractivity contribution < 1.29 is 14.1 Å². The fraction of sp³-hybridized carbons (Fsp3) is 0.522. The van der Waals surface area contributed by atoms with E-state index in [9.17, 15) is 10.1 Å². The molecule has 0 aliphatic carbocycles. The average molecular weight is 444 g/mol. The summed E-state index contributed by atoms with van der Waals surface area (Å²) in [5.74, 6) is 1.65. The number of nitrogens with zero attached hydrogens (tertiary/aromatic N) is 3. The molecule has 32 heavy (non-hydrogen) atoms. The van der Waals surface area contributed by atoms with Crippen LogP contribution in [0.2, 0.25) is 0 Å². The van der Waals surface area contributed by atoms with E-state index in [-0.39, 0.29) is 11.7 Å². The predicted molar refractivity (Wildman–Crippen MR) is 124 cm³/mol. The lowest BCUT2D eigenvalue weighted by atomic mass is 10.2. The van der Waals surface area contributed by atoms with Crippen LogP contribution in [0.4, 0.5) is 5.69 Å². The number of furan rings is 1. The van der Waals surface area contributed by atoms with Gasteiger partial charge in [-0.15, -0.1) is 0 Å². The molecule has 2 aromatic rings. The number of hydrogen-bond acceptors (Lipinski definition) is 6. The van der Waals surface area contributed by atoms with Crippen molar-refractivity contribution in [2.45, 2.75) is 38.8 Å². The maximum Gasteiger partial charge on any atom is 0.269 e. The largest absolute Gasteiger partial charge is 0.468 e. The third-order valence-electron chi connectivity index (χ3n) is 5.44. The summed E-state index contributed by atoms with van der Waals surface area (Å²) < 4.78 is 11.1. The van der Waals surface area contributed by atoms with Gasteiger partial charge in [0.1, 0.15) is 5.76 Å². The van der Waals surface area contributed by atoms with Crippen molar-refractivity contribution in [1.29, 1.82) is 0 Å². The van der Waals surface area contributed by atoms with Crippen molar-refractivity contribution in [2.75, 3.05) is 39.4 Å². The Kier molecular flexibility index (Phi) is 9.52. The fourth-order valence-corrected chi connectivity index (χ4v) is 3.73. The quantitative estimate of drug-likeness (QED) is 0.170. The molecule has 3 rings (SSSR count). The van der Waals surface area contributed by atoms with E-state index in [0.29, 0.717) is 32.3 Å². The van der Waals surface area contributed by atoms with Crippen molar-refractivity contribution >= 4 is 11.6 Å². The van der Waals surface area contributed by atoms with E-state index in [0.717, 1.165) is 37.4 Å². The lowest BCUT2D eigenvalue weighted by Crippen LogP contribution is -2.43. The lowest BCUT2D eigenvalue weighted by molar-refractivity contribution is -0.384. The number of rotatable bonds is 12. The minimum atomic E-state index is -0.396. The molecule has 9 heteroatoms. The van der Waals surface area contributed by atoms with Gasteiger partial charge in [-0.05, 0) is 57.0 Å². The second-order valence-electron chi connectivity index (χ2n) is 7.72. The number of aliphatic imine (C=N–C) groups is 1. The molecular weight excluding hydrogens is 410 g/mol. The number of hydrogen-bond donors (Lipinski definition) is 2. The number of likely N-dealkylation sites (tertiary alicyclic amines) is 1. The monoisotopic (exact) mass is 443 g/mol. The molecule has 1 unspecified atom stereocenters. The smallest absolute Gasteiger partial charge is 0.269 e. The summed E-state index contributed by atoms with van der Waals surface area (Å²) in [7, 11) is 0. The molecule has 1 saturated heterocycles. The molecule has 1 atom stereocenters. The van der Waals surface area contributed by atoms with Crippen LogP contribution < -0.4 is 10.6 Å². The average Bonchev–Trinajstić information content (AvgIpc) is 3.52. The zero-order chi connectivity index (χ0) is 22.6. The van der Waals surface area contributed by atoms with Gasteiger partial charge in [-0.25, -0.2) is 4.99 Å². The molecule has 1 aromatic carbocycles. The number of non-ortho nitro benzene ring substituents is 1. The predicted octanol–water partition coefficient (Wildman–Crippen LogP) is 3.49. The third kappa shape index (κ3) is 7.35. The number of nitrogens with one attached hydrogen (secondary N) is 2. The number of nitro groups is 1. The third-order valence-corrected chi connectivity index (χ3v) is 5.44. The summed E-state index contributed by atoms with van der Waals surface area (Å²) in [6.45, 7) is 7.34. The molecule has 2 heterocycles. The molecular formula is C23H33N5O4.